The molecule has 0 N–H and O–H groups in total. The van der Waals surface area contributed by atoms with Gasteiger partial charge in [0.2, 0.25) is 0 Å². The highest BCUT2D eigenvalue weighted by Gasteiger charge is 2.28. The number of unbranched alkanes of at least 4 members (excludes halogenated alkanes) is 11. The van der Waals surface area contributed by atoms with E-state index in [0.717, 1.165) is 0 Å². The van der Waals surface area contributed by atoms with Gasteiger partial charge in [0.05, 0.1) is 0 Å². The molecule has 0 aliphatic heterocycles. The number of rotatable bonds is 19. The van der Waals surface area contributed by atoms with Crippen molar-refractivity contribution in [2.75, 3.05) is 0 Å². The highest BCUT2D eigenvalue weighted by atomic mass is 32.1. The van der Waals surface area contributed by atoms with Crippen molar-refractivity contribution >= 4 is 11.3 Å². The van der Waals surface area contributed by atoms with Crippen molar-refractivity contribution in [3.05, 3.63) is 21.4 Å². The van der Waals surface area contributed by atoms with Crippen LogP contribution in [-0.2, 0) is 18.3 Å². The van der Waals surface area contributed by atoms with E-state index < -0.39 is 0 Å². The Morgan fingerprint density at radius 3 is 1.79 bits per heavy atom. The number of hydrogen-bond acceptors (Lipinski definition) is 1. The van der Waals surface area contributed by atoms with Gasteiger partial charge in [-0.2, -0.15) is 0 Å². The third kappa shape index (κ3) is 10.5. The summed E-state index contributed by atoms with van der Waals surface area (Å²) in [5.41, 5.74) is 2.13. The Labute approximate surface area is 188 Å². The van der Waals surface area contributed by atoms with Crippen LogP contribution in [0.5, 0.6) is 0 Å². The lowest BCUT2D eigenvalue weighted by molar-refractivity contribution is 0.393. The van der Waals surface area contributed by atoms with Crippen LogP contribution in [0.4, 0.5) is 0 Å². The molecule has 0 aliphatic rings. The predicted molar refractivity (Wildman–Crippen MR) is 136 cm³/mol. The molecule has 0 aromatic carbocycles. The van der Waals surface area contributed by atoms with Gasteiger partial charge in [-0.05, 0) is 55.6 Å². The summed E-state index contributed by atoms with van der Waals surface area (Å²) in [6, 6.07) is 2.64. The van der Waals surface area contributed by atoms with E-state index in [9.17, 15) is 0 Å². The van der Waals surface area contributed by atoms with Crippen LogP contribution in [-0.4, -0.2) is 0 Å². The van der Waals surface area contributed by atoms with Gasteiger partial charge in [-0.3, -0.25) is 0 Å². The van der Waals surface area contributed by atoms with Crippen LogP contribution in [0.2, 0.25) is 0 Å². The topological polar surface area (TPSA) is 0 Å². The van der Waals surface area contributed by atoms with Gasteiger partial charge in [-0.25, -0.2) is 0 Å². The van der Waals surface area contributed by atoms with Crippen LogP contribution in [0.15, 0.2) is 6.07 Å². The van der Waals surface area contributed by atoms with Crippen molar-refractivity contribution < 1.29 is 0 Å². The highest BCUT2D eigenvalue weighted by molar-refractivity contribution is 7.12. The molecule has 1 atom stereocenters. The van der Waals surface area contributed by atoms with Crippen LogP contribution >= 0.6 is 11.3 Å². The first-order chi connectivity index (χ1) is 14.1. The monoisotopic (exact) mass is 420 g/mol. The minimum absolute atomic E-state index is 0.392. The third-order valence-electron chi connectivity index (χ3n) is 6.91. The maximum atomic E-state index is 2.64. The summed E-state index contributed by atoms with van der Waals surface area (Å²) in [7, 11) is 0. The predicted octanol–water partition coefficient (Wildman–Crippen LogP) is 10.4. The molecule has 1 aromatic heterocycles. The van der Waals surface area contributed by atoms with E-state index in [2.05, 4.69) is 52.0 Å². The number of aryl methyl sites for hydroxylation is 2. The lowest BCUT2D eigenvalue weighted by Crippen LogP contribution is -2.21. The van der Waals surface area contributed by atoms with Crippen molar-refractivity contribution in [3.63, 3.8) is 0 Å². The summed E-state index contributed by atoms with van der Waals surface area (Å²) < 4.78 is 0. The van der Waals surface area contributed by atoms with Crippen LogP contribution in [0.1, 0.15) is 153 Å². The average molecular weight is 421 g/mol. The first-order valence-electron chi connectivity index (χ1n) is 13.2. The Kier molecular flexibility index (Phi) is 15.1. The van der Waals surface area contributed by atoms with E-state index in [0.29, 0.717) is 5.41 Å². The lowest BCUT2D eigenvalue weighted by atomic mass is 9.75. The van der Waals surface area contributed by atoms with Crippen LogP contribution in [0, 0.1) is 0 Å². The van der Waals surface area contributed by atoms with E-state index in [-0.39, 0.29) is 0 Å². The fourth-order valence-electron chi connectivity index (χ4n) is 4.54. The molecule has 0 amide bonds. The maximum Gasteiger partial charge on any atom is 0.00857 e. The minimum atomic E-state index is 0.392. The molecule has 0 spiro atoms. The molecule has 1 rings (SSSR count). The van der Waals surface area contributed by atoms with Crippen LogP contribution in [0.3, 0.4) is 0 Å². The molecule has 0 saturated heterocycles. The van der Waals surface area contributed by atoms with E-state index in [4.69, 9.17) is 0 Å². The third-order valence-corrected chi connectivity index (χ3v) is 8.16. The van der Waals surface area contributed by atoms with Gasteiger partial charge >= 0.3 is 0 Å². The van der Waals surface area contributed by atoms with Gasteiger partial charge < -0.3 is 0 Å². The minimum Gasteiger partial charge on any atom is -0.145 e. The lowest BCUT2D eigenvalue weighted by Gasteiger charge is -2.29. The van der Waals surface area contributed by atoms with E-state index in [1.165, 1.54) is 116 Å². The van der Waals surface area contributed by atoms with Crippen molar-refractivity contribution in [1.82, 2.24) is 0 Å². The summed E-state index contributed by atoms with van der Waals surface area (Å²) in [6.07, 6.45) is 24.8. The van der Waals surface area contributed by atoms with Crippen molar-refractivity contribution in [2.45, 2.75) is 156 Å². The van der Waals surface area contributed by atoms with E-state index in [1.807, 2.05) is 0 Å². The van der Waals surface area contributed by atoms with Gasteiger partial charge in [0.15, 0.2) is 0 Å². The van der Waals surface area contributed by atoms with E-state index in [1.54, 1.807) is 15.3 Å². The molecular weight excluding hydrogens is 368 g/mol. The SMILES string of the molecule is CCCCCCCCc1sc(CCCCC)cc1C(C)(CC)CCCCCCC. The zero-order valence-corrected chi connectivity index (χ0v) is 21.5. The largest absolute Gasteiger partial charge is 0.145 e. The first kappa shape index (κ1) is 26.7. The Morgan fingerprint density at radius 2 is 1.17 bits per heavy atom. The van der Waals surface area contributed by atoms with Gasteiger partial charge in [0.1, 0.15) is 0 Å². The Bertz CT molecular complexity index is 500. The van der Waals surface area contributed by atoms with Gasteiger partial charge in [-0.1, -0.05) is 112 Å². The molecule has 29 heavy (non-hydrogen) atoms. The second kappa shape index (κ2) is 16.4. The van der Waals surface area contributed by atoms with Gasteiger partial charge in [0, 0.05) is 9.75 Å². The van der Waals surface area contributed by atoms with E-state index >= 15 is 0 Å². The smallest absolute Gasteiger partial charge is 0.00857 e. The van der Waals surface area contributed by atoms with Crippen LogP contribution in [0.25, 0.3) is 0 Å². The molecule has 1 heteroatoms. The summed E-state index contributed by atoms with van der Waals surface area (Å²) in [5, 5.41) is 0. The van der Waals surface area contributed by atoms with Crippen LogP contribution < -0.4 is 0 Å². The second-order valence-corrected chi connectivity index (χ2v) is 10.8. The Hall–Kier alpha value is -0.300. The molecule has 0 radical (unpaired) electrons. The van der Waals surface area contributed by atoms with Gasteiger partial charge in [-0.15, -0.1) is 11.3 Å². The zero-order chi connectivity index (χ0) is 21.4. The molecule has 1 heterocycles. The van der Waals surface area contributed by atoms with Crippen molar-refractivity contribution in [2.24, 2.45) is 0 Å². The molecule has 0 nitrogen and oxygen atoms in total. The normalized spacial score (nSPS) is 13.7. The Morgan fingerprint density at radius 1 is 0.655 bits per heavy atom. The Balaban J connectivity index is 2.76. The molecule has 0 saturated carbocycles. The number of hydrogen-bond donors (Lipinski definition) is 0. The standard InChI is InChI=1S/C28H52S/c1-6-10-13-15-16-19-22-27-26(24-25(29-27)21-18-12-8-3)28(5,9-4)23-20-17-14-11-7-2/h24H,6-23H2,1-5H3. The maximum absolute atomic E-state index is 2.64. The average Bonchev–Trinajstić information content (AvgIpc) is 3.14. The number of thiophene rings is 1. The molecule has 1 unspecified atom stereocenters. The second-order valence-electron chi connectivity index (χ2n) is 9.60. The summed E-state index contributed by atoms with van der Waals surface area (Å²) >= 11 is 2.17. The summed E-state index contributed by atoms with van der Waals surface area (Å²) in [5.74, 6) is 0. The molecule has 1 aromatic rings. The molecule has 0 aliphatic carbocycles. The zero-order valence-electron chi connectivity index (χ0n) is 20.7. The molecule has 170 valence electrons. The fourth-order valence-corrected chi connectivity index (χ4v) is 5.94. The quantitative estimate of drug-likeness (QED) is 0.195. The molecular formula is C28H52S. The summed E-state index contributed by atoms with van der Waals surface area (Å²) in [6.45, 7) is 11.9. The molecule has 0 fully saturated rings. The van der Waals surface area contributed by atoms with Gasteiger partial charge in [0.25, 0.3) is 0 Å². The molecule has 0 bridgehead atoms. The van der Waals surface area contributed by atoms with Crippen molar-refractivity contribution in [3.8, 4) is 0 Å². The summed E-state index contributed by atoms with van der Waals surface area (Å²) in [4.78, 5) is 3.41. The highest BCUT2D eigenvalue weighted by Crippen LogP contribution is 2.40. The first-order valence-corrected chi connectivity index (χ1v) is 14.0. The fraction of sp³-hybridized carbons (Fsp3) is 0.857. The van der Waals surface area contributed by atoms with Crippen molar-refractivity contribution in [1.29, 1.82) is 0 Å².